The molecule has 0 spiro atoms. The summed E-state index contributed by atoms with van der Waals surface area (Å²) in [5.41, 5.74) is 3.48. The Morgan fingerprint density at radius 1 is 1.14 bits per heavy atom. The molecule has 1 aromatic carbocycles. The summed E-state index contributed by atoms with van der Waals surface area (Å²) in [7, 11) is 1.36. The number of fused-ring (bicyclic) bond motifs is 1. The standard InChI is InChI=1S/C28H34N4O4/c1-35-28(34)25-24(31-27(33)20-13-15-36-18-20)23-16-22(30-21-10-6-3-7-11-21)17-29-26(23)32(25)14-12-19-8-4-2-5-9-19/h2,4-5,8-9,16-17,20-21,30H,3,6-7,10-15,18H2,1H3,(H,31,33)/t20-/m1/s1. The summed E-state index contributed by atoms with van der Waals surface area (Å²) in [6.07, 6.45) is 9.20. The SMILES string of the molecule is COC(=O)c1c(NC(=O)[C@@H]2CCOC2)c2cc(NC3CCCCC3)cnc2n1CCc1ccccc1. The van der Waals surface area contributed by atoms with E-state index in [1.165, 1.54) is 26.4 Å². The number of rotatable bonds is 8. The summed E-state index contributed by atoms with van der Waals surface area (Å²) in [6.45, 7) is 1.48. The van der Waals surface area contributed by atoms with E-state index in [1.807, 2.05) is 35.0 Å². The number of nitrogens with one attached hydrogen (secondary N) is 2. The van der Waals surface area contributed by atoms with Crippen molar-refractivity contribution in [3.63, 3.8) is 0 Å². The van der Waals surface area contributed by atoms with Crippen LogP contribution >= 0.6 is 0 Å². The Kier molecular flexibility index (Phi) is 7.51. The molecule has 8 nitrogen and oxygen atoms in total. The molecule has 1 aliphatic heterocycles. The van der Waals surface area contributed by atoms with Gasteiger partial charge in [-0.25, -0.2) is 9.78 Å². The number of hydrogen-bond donors (Lipinski definition) is 2. The van der Waals surface area contributed by atoms with Gasteiger partial charge in [-0.3, -0.25) is 4.79 Å². The monoisotopic (exact) mass is 490 g/mol. The Hall–Kier alpha value is -3.39. The lowest BCUT2D eigenvalue weighted by molar-refractivity contribution is -0.119. The normalized spacial score (nSPS) is 18.3. The molecule has 3 aromatic rings. The van der Waals surface area contributed by atoms with Crippen LogP contribution in [-0.4, -0.2) is 47.8 Å². The van der Waals surface area contributed by atoms with E-state index in [4.69, 9.17) is 14.5 Å². The van der Waals surface area contributed by atoms with Crippen LogP contribution in [-0.2, 0) is 27.2 Å². The fourth-order valence-corrected chi connectivity index (χ4v) is 5.29. The molecule has 1 saturated heterocycles. The summed E-state index contributed by atoms with van der Waals surface area (Å²) in [6, 6.07) is 12.5. The maximum atomic E-state index is 13.1. The number of amides is 1. The Balaban J connectivity index is 1.55. The molecule has 0 radical (unpaired) electrons. The van der Waals surface area contributed by atoms with Crippen molar-refractivity contribution < 1.29 is 19.1 Å². The van der Waals surface area contributed by atoms with Crippen LogP contribution in [0.25, 0.3) is 11.0 Å². The second kappa shape index (κ2) is 11.1. The lowest BCUT2D eigenvalue weighted by Crippen LogP contribution is -2.24. The average Bonchev–Trinajstić information content (AvgIpc) is 3.55. The van der Waals surface area contributed by atoms with Gasteiger partial charge in [-0.15, -0.1) is 0 Å². The van der Waals surface area contributed by atoms with Gasteiger partial charge in [0.1, 0.15) is 5.65 Å². The van der Waals surface area contributed by atoms with Crippen LogP contribution < -0.4 is 10.6 Å². The second-order valence-electron chi connectivity index (χ2n) is 9.73. The predicted octanol–water partition coefficient (Wildman–Crippen LogP) is 4.79. The number of pyridine rings is 1. The molecule has 3 heterocycles. The van der Waals surface area contributed by atoms with Crippen molar-refractivity contribution in [2.45, 2.75) is 57.5 Å². The van der Waals surface area contributed by atoms with Gasteiger partial charge in [0.05, 0.1) is 37.2 Å². The molecule has 2 N–H and O–H groups in total. The van der Waals surface area contributed by atoms with Crippen LogP contribution in [0.15, 0.2) is 42.6 Å². The first-order valence-corrected chi connectivity index (χ1v) is 12.9. The molecule has 0 bridgehead atoms. The van der Waals surface area contributed by atoms with E-state index < -0.39 is 5.97 Å². The molecule has 2 fully saturated rings. The summed E-state index contributed by atoms with van der Waals surface area (Å²) in [5, 5.41) is 7.40. The lowest BCUT2D eigenvalue weighted by Gasteiger charge is -2.23. The molecule has 36 heavy (non-hydrogen) atoms. The first-order valence-electron chi connectivity index (χ1n) is 12.9. The van der Waals surface area contributed by atoms with E-state index in [2.05, 4.69) is 22.8 Å². The smallest absolute Gasteiger partial charge is 0.356 e. The number of aryl methyl sites for hydroxylation is 2. The van der Waals surface area contributed by atoms with Gasteiger partial charge < -0.3 is 24.7 Å². The highest BCUT2D eigenvalue weighted by Gasteiger charge is 2.30. The van der Waals surface area contributed by atoms with Crippen molar-refractivity contribution in [1.29, 1.82) is 0 Å². The molecular formula is C28H34N4O4. The highest BCUT2D eigenvalue weighted by Crippen LogP contribution is 2.34. The zero-order valence-electron chi connectivity index (χ0n) is 20.8. The molecule has 190 valence electrons. The predicted molar refractivity (Wildman–Crippen MR) is 139 cm³/mol. The summed E-state index contributed by atoms with van der Waals surface area (Å²) in [4.78, 5) is 31.0. The number of anilines is 2. The van der Waals surface area contributed by atoms with Gasteiger partial charge in [0.15, 0.2) is 5.69 Å². The van der Waals surface area contributed by atoms with Crippen LogP contribution in [0.2, 0.25) is 0 Å². The molecule has 8 heteroatoms. The van der Waals surface area contributed by atoms with Gasteiger partial charge in [-0.2, -0.15) is 0 Å². The van der Waals surface area contributed by atoms with E-state index in [1.54, 1.807) is 0 Å². The maximum absolute atomic E-state index is 13.1. The molecule has 2 aliphatic rings. The third kappa shape index (κ3) is 5.23. The van der Waals surface area contributed by atoms with Gasteiger partial charge in [0.2, 0.25) is 5.91 Å². The van der Waals surface area contributed by atoms with E-state index >= 15 is 0 Å². The van der Waals surface area contributed by atoms with E-state index in [0.29, 0.717) is 55.7 Å². The molecule has 1 amide bonds. The van der Waals surface area contributed by atoms with Gasteiger partial charge in [0.25, 0.3) is 0 Å². The minimum atomic E-state index is -0.499. The number of aromatic nitrogens is 2. The number of nitrogens with zero attached hydrogens (tertiary/aromatic N) is 2. The minimum Gasteiger partial charge on any atom is -0.464 e. The number of ether oxygens (including phenoxy) is 2. The fourth-order valence-electron chi connectivity index (χ4n) is 5.29. The summed E-state index contributed by atoms with van der Waals surface area (Å²) < 4.78 is 12.5. The quantitative estimate of drug-likeness (QED) is 0.441. The van der Waals surface area contributed by atoms with E-state index in [0.717, 1.165) is 29.5 Å². The van der Waals surface area contributed by atoms with Gasteiger partial charge >= 0.3 is 5.97 Å². The minimum absolute atomic E-state index is 0.148. The topological polar surface area (TPSA) is 94.5 Å². The van der Waals surface area contributed by atoms with Crippen LogP contribution in [0.1, 0.15) is 54.6 Å². The van der Waals surface area contributed by atoms with E-state index in [-0.39, 0.29) is 11.8 Å². The third-order valence-electron chi connectivity index (χ3n) is 7.27. The largest absolute Gasteiger partial charge is 0.464 e. The van der Waals surface area contributed by atoms with Gasteiger partial charge in [0, 0.05) is 24.6 Å². The van der Waals surface area contributed by atoms with Crippen LogP contribution in [0.5, 0.6) is 0 Å². The maximum Gasteiger partial charge on any atom is 0.356 e. The number of hydrogen-bond acceptors (Lipinski definition) is 6. The Labute approximate surface area is 211 Å². The zero-order valence-corrected chi connectivity index (χ0v) is 20.8. The molecule has 5 rings (SSSR count). The zero-order chi connectivity index (χ0) is 24.9. The molecule has 1 atom stereocenters. The Morgan fingerprint density at radius 3 is 2.67 bits per heavy atom. The van der Waals surface area contributed by atoms with Crippen LogP contribution in [0.4, 0.5) is 11.4 Å². The Bertz CT molecular complexity index is 1210. The molecule has 2 aromatic heterocycles. The molecule has 0 unspecified atom stereocenters. The third-order valence-corrected chi connectivity index (χ3v) is 7.27. The second-order valence-corrected chi connectivity index (χ2v) is 9.73. The highest BCUT2D eigenvalue weighted by molar-refractivity contribution is 6.11. The van der Waals surface area contributed by atoms with Crippen molar-refractivity contribution in [3.8, 4) is 0 Å². The highest BCUT2D eigenvalue weighted by atomic mass is 16.5. The molecule has 1 aliphatic carbocycles. The van der Waals surface area contributed by atoms with Crippen LogP contribution in [0.3, 0.4) is 0 Å². The van der Waals surface area contributed by atoms with Crippen molar-refractivity contribution in [3.05, 3.63) is 53.9 Å². The van der Waals surface area contributed by atoms with Gasteiger partial charge in [-0.1, -0.05) is 49.6 Å². The van der Waals surface area contributed by atoms with Crippen molar-refractivity contribution in [2.24, 2.45) is 5.92 Å². The Morgan fingerprint density at radius 2 is 1.94 bits per heavy atom. The lowest BCUT2D eigenvalue weighted by atomic mass is 9.95. The first kappa shape index (κ1) is 24.3. The number of esters is 1. The van der Waals surface area contributed by atoms with Crippen molar-refractivity contribution in [1.82, 2.24) is 9.55 Å². The summed E-state index contributed by atoms with van der Waals surface area (Å²) in [5.74, 6) is -0.888. The number of methoxy groups -OCH3 is 1. The van der Waals surface area contributed by atoms with Crippen molar-refractivity contribution in [2.75, 3.05) is 31.0 Å². The number of carbonyl (C=O) groups excluding carboxylic acids is 2. The van der Waals surface area contributed by atoms with Gasteiger partial charge in [-0.05, 0) is 37.3 Å². The fraction of sp³-hybridized carbons (Fsp3) is 0.464. The van der Waals surface area contributed by atoms with E-state index in [9.17, 15) is 9.59 Å². The summed E-state index contributed by atoms with van der Waals surface area (Å²) >= 11 is 0. The van der Waals surface area contributed by atoms with Crippen molar-refractivity contribution >= 4 is 34.3 Å². The average molecular weight is 491 g/mol. The number of benzene rings is 1. The van der Waals surface area contributed by atoms with Crippen LogP contribution in [0, 0.1) is 5.92 Å². The first-order chi connectivity index (χ1) is 17.6. The molecular weight excluding hydrogens is 456 g/mol. The molecule has 1 saturated carbocycles. The number of carbonyl (C=O) groups is 2.